The van der Waals surface area contributed by atoms with E-state index in [0.717, 1.165) is 5.56 Å². The van der Waals surface area contributed by atoms with Gasteiger partial charge in [-0.05, 0) is 29.8 Å². The molecule has 0 aliphatic rings. The summed E-state index contributed by atoms with van der Waals surface area (Å²) in [6, 6.07) is 12.8. The number of ether oxygens (including phenoxy) is 1. The van der Waals surface area contributed by atoms with Crippen molar-refractivity contribution in [1.82, 2.24) is 0 Å². The maximum Gasteiger partial charge on any atom is 0.387 e. The summed E-state index contributed by atoms with van der Waals surface area (Å²) >= 11 is 0. The molecule has 0 aromatic heterocycles. The molecule has 2 rings (SSSR count). The van der Waals surface area contributed by atoms with Crippen LogP contribution in [0.3, 0.4) is 0 Å². The topological polar surface area (TPSA) is 64.4 Å². The van der Waals surface area contributed by atoms with Gasteiger partial charge in [0.05, 0.1) is 5.69 Å². The van der Waals surface area contributed by atoms with Gasteiger partial charge < -0.3 is 15.8 Å². The molecule has 0 bridgehead atoms. The van der Waals surface area contributed by atoms with E-state index in [4.69, 9.17) is 5.73 Å². The lowest BCUT2D eigenvalue weighted by Crippen LogP contribution is -2.14. The highest BCUT2D eigenvalue weighted by Gasteiger charge is 2.12. The predicted octanol–water partition coefficient (Wildman–Crippen LogP) is 3.00. The van der Waals surface area contributed by atoms with Gasteiger partial charge in [-0.15, -0.1) is 0 Å². The molecule has 1 amide bonds. The molecule has 0 radical (unpaired) electrons. The third-order valence-corrected chi connectivity index (χ3v) is 2.78. The van der Waals surface area contributed by atoms with Crippen LogP contribution >= 0.6 is 0 Å². The molecule has 0 fully saturated rings. The molecule has 0 heterocycles. The van der Waals surface area contributed by atoms with Gasteiger partial charge in [0.1, 0.15) is 5.75 Å². The maximum absolute atomic E-state index is 12.3. The monoisotopic (exact) mass is 292 g/mol. The van der Waals surface area contributed by atoms with Crippen molar-refractivity contribution in [2.24, 2.45) is 5.73 Å². The van der Waals surface area contributed by atoms with Crippen LogP contribution < -0.4 is 15.8 Å². The molecule has 0 unspecified atom stereocenters. The lowest BCUT2D eigenvalue weighted by molar-refractivity contribution is -0.0493. The van der Waals surface area contributed by atoms with E-state index in [1.807, 2.05) is 0 Å². The van der Waals surface area contributed by atoms with Crippen LogP contribution in [0.4, 0.5) is 14.5 Å². The predicted molar refractivity (Wildman–Crippen MR) is 75.4 cm³/mol. The summed E-state index contributed by atoms with van der Waals surface area (Å²) in [5, 5.41) is 2.55. The normalized spacial score (nSPS) is 10.5. The number of nitrogens with one attached hydrogen (secondary N) is 1. The van der Waals surface area contributed by atoms with E-state index in [-0.39, 0.29) is 11.4 Å². The van der Waals surface area contributed by atoms with Crippen LogP contribution in [0.25, 0.3) is 0 Å². The number of hydrogen-bond acceptors (Lipinski definition) is 3. The summed E-state index contributed by atoms with van der Waals surface area (Å²) in [7, 11) is 0. The summed E-state index contributed by atoms with van der Waals surface area (Å²) in [4.78, 5) is 12.1. The van der Waals surface area contributed by atoms with Gasteiger partial charge in [-0.2, -0.15) is 8.78 Å². The van der Waals surface area contributed by atoms with Crippen LogP contribution in [-0.2, 0) is 6.54 Å². The van der Waals surface area contributed by atoms with Crippen LogP contribution in [0, 0.1) is 0 Å². The Morgan fingerprint density at radius 2 is 1.95 bits per heavy atom. The highest BCUT2D eigenvalue weighted by molar-refractivity contribution is 6.05. The fraction of sp³-hybridized carbons (Fsp3) is 0.133. The Morgan fingerprint density at radius 3 is 2.67 bits per heavy atom. The molecule has 110 valence electrons. The van der Waals surface area contributed by atoms with Crippen molar-refractivity contribution in [2.45, 2.75) is 13.2 Å². The quantitative estimate of drug-likeness (QED) is 0.890. The number of halogens is 2. The summed E-state index contributed by atoms with van der Waals surface area (Å²) in [6.45, 7) is -2.64. The van der Waals surface area contributed by atoms with Gasteiger partial charge in [0.25, 0.3) is 5.91 Å². The number of amides is 1. The molecule has 4 nitrogen and oxygen atoms in total. The van der Waals surface area contributed by atoms with Crippen molar-refractivity contribution in [3.05, 3.63) is 59.7 Å². The fourth-order valence-corrected chi connectivity index (χ4v) is 1.80. The average Bonchev–Trinajstić information content (AvgIpc) is 2.48. The fourth-order valence-electron chi connectivity index (χ4n) is 1.80. The molecule has 0 saturated carbocycles. The number of rotatable bonds is 5. The smallest absolute Gasteiger partial charge is 0.387 e. The van der Waals surface area contributed by atoms with Gasteiger partial charge in [-0.25, -0.2) is 0 Å². The van der Waals surface area contributed by atoms with Gasteiger partial charge in [0.15, 0.2) is 0 Å². The summed E-state index contributed by atoms with van der Waals surface area (Å²) < 4.78 is 29.0. The van der Waals surface area contributed by atoms with Crippen molar-refractivity contribution >= 4 is 11.6 Å². The van der Waals surface area contributed by atoms with Crippen LogP contribution in [-0.4, -0.2) is 12.5 Å². The molecule has 3 N–H and O–H groups in total. The first kappa shape index (κ1) is 14.9. The molecule has 0 saturated heterocycles. The van der Waals surface area contributed by atoms with E-state index in [1.165, 1.54) is 12.1 Å². The maximum atomic E-state index is 12.3. The Labute approximate surface area is 120 Å². The molecule has 0 atom stereocenters. The number of benzene rings is 2. The number of anilines is 1. The highest BCUT2D eigenvalue weighted by Crippen LogP contribution is 2.26. The zero-order chi connectivity index (χ0) is 15.2. The van der Waals surface area contributed by atoms with E-state index >= 15 is 0 Å². The number of carbonyl (C=O) groups excluding carboxylic acids is 1. The molecule has 0 aliphatic heterocycles. The third kappa shape index (κ3) is 4.00. The minimum Gasteiger partial charge on any atom is -0.433 e. The van der Waals surface area contributed by atoms with Gasteiger partial charge in [-0.1, -0.05) is 24.3 Å². The standard InChI is InChI=1S/C15H14F2N2O2/c16-15(17)21-13-7-2-1-6-12(13)19-14(20)11-5-3-4-10(8-11)9-18/h1-8,15H,9,18H2,(H,19,20). The molecule has 0 spiro atoms. The summed E-state index contributed by atoms with van der Waals surface area (Å²) in [5.74, 6) is -0.508. The zero-order valence-corrected chi connectivity index (χ0v) is 11.1. The van der Waals surface area contributed by atoms with E-state index in [1.54, 1.807) is 36.4 Å². The van der Waals surface area contributed by atoms with Crippen molar-refractivity contribution < 1.29 is 18.3 Å². The molecule has 0 aliphatic carbocycles. The molecular formula is C15H14F2N2O2. The van der Waals surface area contributed by atoms with Crippen LogP contribution in [0.1, 0.15) is 15.9 Å². The molecular weight excluding hydrogens is 278 g/mol. The first-order valence-electron chi connectivity index (χ1n) is 6.24. The Balaban J connectivity index is 2.19. The van der Waals surface area contributed by atoms with Crippen LogP contribution in [0.5, 0.6) is 5.75 Å². The summed E-state index contributed by atoms with van der Waals surface area (Å²) in [5.41, 5.74) is 6.90. The second-order valence-electron chi connectivity index (χ2n) is 4.23. The Morgan fingerprint density at radius 1 is 1.19 bits per heavy atom. The molecule has 2 aromatic rings. The third-order valence-electron chi connectivity index (χ3n) is 2.78. The van der Waals surface area contributed by atoms with Crippen molar-refractivity contribution in [1.29, 1.82) is 0 Å². The minimum absolute atomic E-state index is 0.0872. The zero-order valence-electron chi connectivity index (χ0n) is 11.1. The Kier molecular flexibility index (Phi) is 4.84. The Hall–Kier alpha value is -2.47. The van der Waals surface area contributed by atoms with E-state index in [9.17, 15) is 13.6 Å². The van der Waals surface area contributed by atoms with E-state index in [2.05, 4.69) is 10.1 Å². The largest absolute Gasteiger partial charge is 0.433 e. The van der Waals surface area contributed by atoms with Gasteiger partial charge in [-0.3, -0.25) is 4.79 Å². The number of hydrogen-bond donors (Lipinski definition) is 2. The molecule has 6 heteroatoms. The average molecular weight is 292 g/mol. The highest BCUT2D eigenvalue weighted by atomic mass is 19.3. The van der Waals surface area contributed by atoms with Gasteiger partial charge >= 0.3 is 6.61 Å². The number of alkyl halides is 2. The second-order valence-corrected chi connectivity index (χ2v) is 4.23. The van der Waals surface area contributed by atoms with Crippen LogP contribution in [0.15, 0.2) is 48.5 Å². The first-order chi connectivity index (χ1) is 10.1. The first-order valence-corrected chi connectivity index (χ1v) is 6.24. The van der Waals surface area contributed by atoms with E-state index < -0.39 is 12.5 Å². The van der Waals surface area contributed by atoms with Gasteiger partial charge in [0.2, 0.25) is 0 Å². The van der Waals surface area contributed by atoms with Crippen molar-refractivity contribution in [3.8, 4) is 5.75 Å². The SMILES string of the molecule is NCc1cccc(C(=O)Nc2ccccc2OC(F)F)c1. The van der Waals surface area contributed by atoms with Crippen LogP contribution in [0.2, 0.25) is 0 Å². The van der Waals surface area contributed by atoms with Crippen molar-refractivity contribution in [2.75, 3.05) is 5.32 Å². The minimum atomic E-state index is -2.95. The number of nitrogens with two attached hydrogens (primary N) is 1. The summed E-state index contributed by atoms with van der Waals surface area (Å²) in [6.07, 6.45) is 0. The van der Waals surface area contributed by atoms with E-state index in [0.29, 0.717) is 12.1 Å². The lowest BCUT2D eigenvalue weighted by Gasteiger charge is -2.12. The van der Waals surface area contributed by atoms with Crippen molar-refractivity contribution in [3.63, 3.8) is 0 Å². The van der Waals surface area contributed by atoms with Gasteiger partial charge in [0, 0.05) is 12.1 Å². The number of carbonyl (C=O) groups is 1. The Bertz CT molecular complexity index is 633. The lowest BCUT2D eigenvalue weighted by atomic mass is 10.1. The second kappa shape index (κ2) is 6.81. The molecule has 21 heavy (non-hydrogen) atoms. The molecule has 2 aromatic carbocycles. The number of para-hydroxylation sites is 2.